The molecule has 0 aromatic heterocycles. The van der Waals surface area contributed by atoms with E-state index in [4.69, 9.17) is 27.9 Å². The molecule has 0 aliphatic rings. The van der Waals surface area contributed by atoms with E-state index in [1.54, 1.807) is 36.4 Å². The van der Waals surface area contributed by atoms with Crippen molar-refractivity contribution in [2.45, 2.75) is 0 Å². The Morgan fingerprint density at radius 3 is 2.47 bits per heavy atom. The van der Waals surface area contributed by atoms with E-state index in [1.807, 2.05) is 0 Å². The summed E-state index contributed by atoms with van der Waals surface area (Å²) in [5.41, 5.74) is 0.796. The molecule has 0 spiro atoms. The van der Waals surface area contributed by atoms with Crippen molar-refractivity contribution in [3.63, 3.8) is 0 Å². The maximum atomic E-state index is 12.5. The number of hydrogen-bond donors (Lipinski definition) is 0. The summed E-state index contributed by atoms with van der Waals surface area (Å²) in [4.78, 5) is 12.5. The van der Waals surface area contributed by atoms with Crippen LogP contribution < -0.4 is 4.74 Å². The number of halogens is 3. The van der Waals surface area contributed by atoms with Crippen LogP contribution in [0.3, 0.4) is 0 Å². The van der Waals surface area contributed by atoms with Crippen molar-refractivity contribution in [2.24, 2.45) is 0 Å². The first-order valence-corrected chi connectivity index (χ1v) is 6.91. The molecule has 0 saturated carbocycles. The summed E-state index contributed by atoms with van der Waals surface area (Å²) in [6.45, 7) is 0. The molecule has 0 heterocycles. The zero-order valence-corrected chi connectivity index (χ0v) is 13.0. The Hall–Kier alpha value is -1.03. The minimum Gasteiger partial charge on any atom is -0.496 e. The molecule has 0 N–H and O–H groups in total. The topological polar surface area (TPSA) is 26.3 Å². The van der Waals surface area contributed by atoms with Crippen molar-refractivity contribution in [2.75, 3.05) is 7.11 Å². The van der Waals surface area contributed by atoms with Gasteiger partial charge in [-0.1, -0.05) is 39.1 Å². The SMILES string of the molecule is COc1ccc(Cl)cc1C(=O)c1ccc(Br)cc1Cl. The van der Waals surface area contributed by atoms with E-state index in [1.165, 1.54) is 7.11 Å². The van der Waals surface area contributed by atoms with Crippen molar-refractivity contribution >= 4 is 44.9 Å². The molecule has 0 bridgehead atoms. The Labute approximate surface area is 129 Å². The lowest BCUT2D eigenvalue weighted by atomic mass is 10.0. The number of rotatable bonds is 3. The Morgan fingerprint density at radius 1 is 1.11 bits per heavy atom. The monoisotopic (exact) mass is 358 g/mol. The number of carbonyl (C=O) groups is 1. The molecule has 98 valence electrons. The molecule has 2 aromatic carbocycles. The van der Waals surface area contributed by atoms with E-state index in [-0.39, 0.29) is 5.78 Å². The summed E-state index contributed by atoms with van der Waals surface area (Å²) in [5.74, 6) is 0.241. The minimum absolute atomic E-state index is 0.225. The molecule has 19 heavy (non-hydrogen) atoms. The van der Waals surface area contributed by atoms with Crippen molar-refractivity contribution in [3.8, 4) is 5.75 Å². The van der Waals surface area contributed by atoms with Gasteiger partial charge in [-0.2, -0.15) is 0 Å². The number of carbonyl (C=O) groups excluding carboxylic acids is 1. The van der Waals surface area contributed by atoms with Crippen LogP contribution in [0, 0.1) is 0 Å². The Bertz CT molecular complexity index is 641. The highest BCUT2D eigenvalue weighted by atomic mass is 79.9. The van der Waals surface area contributed by atoms with Gasteiger partial charge in [-0.25, -0.2) is 0 Å². The van der Waals surface area contributed by atoms with E-state index < -0.39 is 0 Å². The molecule has 0 fully saturated rings. The Kier molecular flexibility index (Phi) is 4.50. The fourth-order valence-electron chi connectivity index (χ4n) is 1.68. The van der Waals surface area contributed by atoms with E-state index in [0.29, 0.717) is 26.9 Å². The van der Waals surface area contributed by atoms with Gasteiger partial charge >= 0.3 is 0 Å². The van der Waals surface area contributed by atoms with Crippen molar-refractivity contribution in [3.05, 3.63) is 62.0 Å². The largest absolute Gasteiger partial charge is 0.496 e. The number of hydrogen-bond acceptors (Lipinski definition) is 2. The third-order valence-electron chi connectivity index (χ3n) is 2.58. The van der Waals surface area contributed by atoms with Crippen LogP contribution >= 0.6 is 39.1 Å². The van der Waals surface area contributed by atoms with Crippen LogP contribution in [0.2, 0.25) is 10.0 Å². The van der Waals surface area contributed by atoms with Crippen molar-refractivity contribution < 1.29 is 9.53 Å². The minimum atomic E-state index is -0.225. The van der Waals surface area contributed by atoms with Gasteiger partial charge in [0.2, 0.25) is 0 Å². The number of methoxy groups -OCH3 is 1. The third kappa shape index (κ3) is 3.11. The second-order valence-corrected chi connectivity index (χ2v) is 5.56. The zero-order chi connectivity index (χ0) is 14.0. The van der Waals surface area contributed by atoms with Crippen LogP contribution in [-0.4, -0.2) is 12.9 Å². The van der Waals surface area contributed by atoms with Gasteiger partial charge < -0.3 is 4.74 Å². The summed E-state index contributed by atoms with van der Waals surface area (Å²) >= 11 is 15.3. The number of benzene rings is 2. The first-order valence-electron chi connectivity index (χ1n) is 5.36. The van der Waals surface area contributed by atoms with Crippen LogP contribution in [0.15, 0.2) is 40.9 Å². The number of ketones is 1. The van der Waals surface area contributed by atoms with Gasteiger partial charge in [-0.15, -0.1) is 0 Å². The normalized spacial score (nSPS) is 10.3. The van der Waals surface area contributed by atoms with Gasteiger partial charge in [0, 0.05) is 15.1 Å². The molecular weight excluding hydrogens is 351 g/mol. The Balaban J connectivity index is 2.52. The van der Waals surface area contributed by atoms with Crippen molar-refractivity contribution in [1.29, 1.82) is 0 Å². The van der Waals surface area contributed by atoms with Gasteiger partial charge in [0.25, 0.3) is 0 Å². The van der Waals surface area contributed by atoms with Gasteiger partial charge in [0.1, 0.15) is 5.75 Å². The van der Waals surface area contributed by atoms with E-state index in [2.05, 4.69) is 15.9 Å². The highest BCUT2D eigenvalue weighted by Gasteiger charge is 2.17. The fraction of sp³-hybridized carbons (Fsp3) is 0.0714. The maximum Gasteiger partial charge on any atom is 0.198 e. The predicted molar refractivity (Wildman–Crippen MR) is 80.6 cm³/mol. The summed E-state index contributed by atoms with van der Waals surface area (Å²) in [7, 11) is 1.50. The standard InChI is InChI=1S/C14H9BrCl2O2/c1-19-13-5-3-9(16)7-11(13)14(18)10-4-2-8(15)6-12(10)17/h2-7H,1H3. The van der Waals surface area contributed by atoms with Crippen LogP contribution in [0.5, 0.6) is 5.75 Å². The molecule has 2 nitrogen and oxygen atoms in total. The molecule has 5 heteroatoms. The van der Waals surface area contributed by atoms with Gasteiger partial charge in [0.15, 0.2) is 5.78 Å². The molecule has 0 aliphatic heterocycles. The second-order valence-electron chi connectivity index (χ2n) is 3.80. The summed E-state index contributed by atoms with van der Waals surface area (Å²) < 4.78 is 5.99. The van der Waals surface area contributed by atoms with Gasteiger partial charge in [0.05, 0.1) is 17.7 Å². The smallest absolute Gasteiger partial charge is 0.198 e. The van der Waals surface area contributed by atoms with E-state index in [9.17, 15) is 4.79 Å². The van der Waals surface area contributed by atoms with E-state index in [0.717, 1.165) is 4.47 Å². The first-order chi connectivity index (χ1) is 9.02. The van der Waals surface area contributed by atoms with Crippen molar-refractivity contribution in [1.82, 2.24) is 0 Å². The first kappa shape index (κ1) is 14.4. The molecule has 0 amide bonds. The Morgan fingerprint density at radius 2 is 1.84 bits per heavy atom. The lowest BCUT2D eigenvalue weighted by molar-refractivity contribution is 0.103. The summed E-state index contributed by atoms with van der Waals surface area (Å²) in [5, 5.41) is 0.846. The summed E-state index contributed by atoms with van der Waals surface area (Å²) in [6, 6.07) is 9.99. The van der Waals surface area contributed by atoms with E-state index >= 15 is 0 Å². The molecule has 0 atom stereocenters. The molecule has 0 aliphatic carbocycles. The quantitative estimate of drug-likeness (QED) is 0.721. The predicted octanol–water partition coefficient (Wildman–Crippen LogP) is 5.00. The highest BCUT2D eigenvalue weighted by molar-refractivity contribution is 9.10. The van der Waals surface area contributed by atoms with Crippen LogP contribution in [0.25, 0.3) is 0 Å². The van der Waals surface area contributed by atoms with Crippen LogP contribution in [0.4, 0.5) is 0 Å². The lowest BCUT2D eigenvalue weighted by Crippen LogP contribution is -2.04. The third-order valence-corrected chi connectivity index (χ3v) is 3.62. The van der Waals surface area contributed by atoms with Crippen LogP contribution in [0.1, 0.15) is 15.9 Å². The molecule has 0 saturated heterocycles. The highest BCUT2D eigenvalue weighted by Crippen LogP contribution is 2.29. The molecule has 2 aromatic rings. The lowest BCUT2D eigenvalue weighted by Gasteiger charge is -2.09. The molecule has 0 radical (unpaired) electrons. The molecule has 2 rings (SSSR count). The molecular formula is C14H9BrCl2O2. The second kappa shape index (κ2) is 5.95. The van der Waals surface area contributed by atoms with Gasteiger partial charge in [-0.3, -0.25) is 4.79 Å². The van der Waals surface area contributed by atoms with Crippen LogP contribution in [-0.2, 0) is 0 Å². The zero-order valence-electron chi connectivity index (χ0n) is 9.91. The maximum absolute atomic E-state index is 12.5. The average molecular weight is 360 g/mol. The summed E-state index contributed by atoms with van der Waals surface area (Å²) in [6.07, 6.45) is 0. The molecule has 0 unspecified atom stereocenters. The van der Waals surface area contributed by atoms with Gasteiger partial charge in [-0.05, 0) is 36.4 Å². The average Bonchev–Trinajstić information content (AvgIpc) is 2.38. The number of ether oxygens (including phenoxy) is 1. The fourth-order valence-corrected chi connectivity index (χ4v) is 2.61.